The first-order valence-corrected chi connectivity index (χ1v) is 9.84. The van der Waals surface area contributed by atoms with Gasteiger partial charge in [0.05, 0.1) is 13.2 Å². The van der Waals surface area contributed by atoms with E-state index in [1.165, 1.54) is 20.0 Å². The molecule has 0 unspecified atom stereocenters. The molecule has 0 atom stereocenters. The van der Waals surface area contributed by atoms with Gasteiger partial charge in [0, 0.05) is 45.3 Å². The maximum atomic E-state index is 12.8. The molecule has 0 aliphatic carbocycles. The van der Waals surface area contributed by atoms with E-state index in [4.69, 9.17) is 4.74 Å². The van der Waals surface area contributed by atoms with Gasteiger partial charge in [-0.15, -0.1) is 24.8 Å². The topological polar surface area (TPSA) is 74.4 Å². The fourth-order valence-electron chi connectivity index (χ4n) is 4.11. The zero-order chi connectivity index (χ0) is 18.4. The molecule has 0 aromatic rings. The minimum absolute atomic E-state index is 0. The predicted octanol–water partition coefficient (Wildman–Crippen LogP) is 0.974. The minimum atomic E-state index is -0.352. The van der Waals surface area contributed by atoms with Gasteiger partial charge in [-0.1, -0.05) is 0 Å². The van der Waals surface area contributed by atoms with E-state index in [9.17, 15) is 9.59 Å². The molecule has 0 radical (unpaired) electrons. The van der Waals surface area contributed by atoms with Crippen molar-refractivity contribution in [3.05, 3.63) is 0 Å². The summed E-state index contributed by atoms with van der Waals surface area (Å²) >= 11 is 0. The Morgan fingerprint density at radius 1 is 0.893 bits per heavy atom. The summed E-state index contributed by atoms with van der Waals surface area (Å²) in [7, 11) is 1.36. The van der Waals surface area contributed by atoms with Gasteiger partial charge in [0.1, 0.15) is 6.61 Å². The largest absolute Gasteiger partial charge is 0.467 e. The molecule has 3 fully saturated rings. The number of hydrogen-bond donors (Lipinski definition) is 1. The van der Waals surface area contributed by atoms with Gasteiger partial charge in [-0.2, -0.15) is 0 Å². The molecule has 1 N–H and O–H groups in total. The third-order valence-electron chi connectivity index (χ3n) is 5.79. The van der Waals surface area contributed by atoms with E-state index in [2.05, 4.69) is 15.0 Å². The van der Waals surface area contributed by atoms with Crippen LogP contribution >= 0.6 is 24.8 Å². The van der Waals surface area contributed by atoms with E-state index >= 15 is 0 Å². The second-order valence-electron chi connectivity index (χ2n) is 7.36. The van der Waals surface area contributed by atoms with Crippen molar-refractivity contribution in [3.8, 4) is 0 Å². The van der Waals surface area contributed by atoms with Crippen LogP contribution in [0.15, 0.2) is 0 Å². The summed E-state index contributed by atoms with van der Waals surface area (Å²) in [6, 6.07) is 0.831. The van der Waals surface area contributed by atoms with Gasteiger partial charge in [-0.05, 0) is 38.8 Å². The predicted molar refractivity (Wildman–Crippen MR) is 111 cm³/mol. The molecule has 8 nitrogen and oxygen atoms in total. The minimum Gasteiger partial charge on any atom is -0.467 e. The van der Waals surface area contributed by atoms with Gasteiger partial charge in [0.2, 0.25) is 0 Å². The average Bonchev–Trinajstić information content (AvgIpc) is 2.72. The molecule has 0 bridgehead atoms. The zero-order valence-electron chi connectivity index (χ0n) is 16.6. The Morgan fingerprint density at radius 3 is 2.04 bits per heavy atom. The number of piperazine rings is 1. The van der Waals surface area contributed by atoms with Crippen LogP contribution in [0.1, 0.15) is 25.7 Å². The van der Waals surface area contributed by atoms with Crippen LogP contribution in [0.3, 0.4) is 0 Å². The molecular weight excluding hydrogens is 407 g/mol. The quantitative estimate of drug-likeness (QED) is 0.656. The fraction of sp³-hybridized carbons (Fsp3) is 0.889. The highest BCUT2D eigenvalue weighted by molar-refractivity contribution is 5.85. The summed E-state index contributed by atoms with van der Waals surface area (Å²) in [4.78, 5) is 30.4. The number of nitrogens with zero attached hydrogens (tertiary/aromatic N) is 3. The average molecular weight is 441 g/mol. The Labute approximate surface area is 180 Å². The number of methoxy groups -OCH3 is 1. The van der Waals surface area contributed by atoms with E-state index in [1.807, 2.05) is 9.80 Å². The summed E-state index contributed by atoms with van der Waals surface area (Å²) in [5.74, 6) is -0.352. The number of hydrogen-bond acceptors (Lipinski definition) is 6. The van der Waals surface area contributed by atoms with Gasteiger partial charge < -0.3 is 24.6 Å². The summed E-state index contributed by atoms with van der Waals surface area (Å²) in [6.45, 7) is 7.20. The Morgan fingerprint density at radius 2 is 1.46 bits per heavy atom. The Hall–Kier alpha value is -0.800. The lowest BCUT2D eigenvalue weighted by Crippen LogP contribution is -2.57. The molecular formula is C18H34Cl2N4O4. The smallest absolute Gasteiger partial charge is 0.331 e. The number of ether oxygens (including phenoxy) is 2. The van der Waals surface area contributed by atoms with Gasteiger partial charge in [0.25, 0.3) is 0 Å². The third kappa shape index (κ3) is 6.91. The number of amides is 2. The number of nitrogens with one attached hydrogen (secondary N) is 1. The van der Waals surface area contributed by atoms with Crippen molar-refractivity contribution >= 4 is 36.8 Å². The van der Waals surface area contributed by atoms with E-state index in [-0.39, 0.29) is 49.5 Å². The molecule has 0 aromatic carbocycles. The molecule has 2 amide bonds. The van der Waals surface area contributed by atoms with Crippen LogP contribution in [0.25, 0.3) is 0 Å². The maximum Gasteiger partial charge on any atom is 0.331 e. The summed E-state index contributed by atoms with van der Waals surface area (Å²) in [5.41, 5.74) is 0. The number of urea groups is 1. The Bertz CT molecular complexity index is 478. The molecule has 10 heteroatoms. The molecule has 28 heavy (non-hydrogen) atoms. The number of rotatable bonds is 4. The lowest BCUT2D eigenvalue weighted by Gasteiger charge is -2.43. The SMILES string of the molecule is COC(=O)COC1CCN(C(=O)N2CCN(C3CCNCC3)CC2)CC1.Cl.Cl. The van der Waals surface area contributed by atoms with E-state index in [1.54, 1.807) is 0 Å². The van der Waals surface area contributed by atoms with Crippen molar-refractivity contribution in [2.45, 2.75) is 37.8 Å². The standard InChI is InChI=1S/C18H32N4O4.2ClH/c1-25-17(23)14-26-16-4-8-21(9-5-16)18(24)22-12-10-20(11-13-22)15-2-6-19-7-3-15;;/h15-16,19H,2-14H2,1H3;2*1H. The highest BCUT2D eigenvalue weighted by atomic mass is 35.5. The first-order chi connectivity index (χ1) is 12.7. The van der Waals surface area contributed by atoms with Gasteiger partial charge >= 0.3 is 12.0 Å². The molecule has 3 rings (SSSR count). The lowest BCUT2D eigenvalue weighted by molar-refractivity contribution is -0.148. The van der Waals surface area contributed by atoms with Crippen LogP contribution in [-0.4, -0.2) is 105 Å². The monoisotopic (exact) mass is 440 g/mol. The molecule has 3 aliphatic heterocycles. The van der Waals surface area contributed by atoms with Gasteiger partial charge in [-0.25, -0.2) is 9.59 Å². The molecule has 3 heterocycles. The second-order valence-corrected chi connectivity index (χ2v) is 7.36. The van der Waals surface area contributed by atoms with Gasteiger partial charge in [-0.3, -0.25) is 4.90 Å². The second kappa shape index (κ2) is 12.7. The van der Waals surface area contributed by atoms with Crippen LogP contribution in [-0.2, 0) is 14.3 Å². The molecule has 0 saturated carbocycles. The van der Waals surface area contributed by atoms with Crippen LogP contribution < -0.4 is 5.32 Å². The first kappa shape index (κ1) is 25.2. The molecule has 0 spiro atoms. The van der Waals surface area contributed by atoms with Gasteiger partial charge in [0.15, 0.2) is 0 Å². The highest BCUT2D eigenvalue weighted by Gasteiger charge is 2.31. The Kier molecular flexibility index (Phi) is 11.4. The number of likely N-dealkylation sites (tertiary alicyclic amines) is 1. The Balaban J connectivity index is 0.00000196. The van der Waals surface area contributed by atoms with Crippen molar-refractivity contribution in [1.82, 2.24) is 20.0 Å². The number of piperidine rings is 2. The number of halogens is 2. The van der Waals surface area contributed by atoms with E-state index in [0.717, 1.165) is 52.1 Å². The molecule has 3 saturated heterocycles. The number of carbonyl (C=O) groups is 2. The van der Waals surface area contributed by atoms with Crippen LogP contribution in [0.5, 0.6) is 0 Å². The molecule has 164 valence electrons. The molecule has 3 aliphatic rings. The van der Waals surface area contributed by atoms with E-state index in [0.29, 0.717) is 19.1 Å². The zero-order valence-corrected chi connectivity index (χ0v) is 18.3. The maximum absolute atomic E-state index is 12.8. The van der Waals surface area contributed by atoms with Crippen molar-refractivity contribution < 1.29 is 19.1 Å². The van der Waals surface area contributed by atoms with Crippen LogP contribution in [0.2, 0.25) is 0 Å². The fourth-order valence-corrected chi connectivity index (χ4v) is 4.11. The number of esters is 1. The number of carbonyl (C=O) groups excluding carboxylic acids is 2. The lowest BCUT2D eigenvalue weighted by atomic mass is 10.0. The van der Waals surface area contributed by atoms with Crippen molar-refractivity contribution in [2.24, 2.45) is 0 Å². The highest BCUT2D eigenvalue weighted by Crippen LogP contribution is 2.18. The summed E-state index contributed by atoms with van der Waals surface area (Å²) in [5, 5.41) is 3.41. The molecule has 0 aromatic heterocycles. The summed E-state index contributed by atoms with van der Waals surface area (Å²) < 4.78 is 10.1. The van der Waals surface area contributed by atoms with Crippen molar-refractivity contribution in [1.29, 1.82) is 0 Å². The van der Waals surface area contributed by atoms with E-state index < -0.39 is 0 Å². The van der Waals surface area contributed by atoms with Crippen molar-refractivity contribution in [2.75, 3.05) is 66.1 Å². The van der Waals surface area contributed by atoms with Crippen molar-refractivity contribution in [3.63, 3.8) is 0 Å². The third-order valence-corrected chi connectivity index (χ3v) is 5.79. The summed E-state index contributed by atoms with van der Waals surface area (Å²) in [6.07, 6.45) is 4.02. The normalized spacial score (nSPS) is 22.2. The van der Waals surface area contributed by atoms with Crippen LogP contribution in [0.4, 0.5) is 4.79 Å². The van der Waals surface area contributed by atoms with Crippen LogP contribution in [0, 0.1) is 0 Å². The first-order valence-electron chi connectivity index (χ1n) is 9.84.